The fraction of sp³-hybridized carbons (Fsp3) is 0.500. The largest absolute Gasteiger partial charge is 0.496 e. The molecule has 0 unspecified atom stereocenters. The fourth-order valence-electron chi connectivity index (χ4n) is 5.61. The summed E-state index contributed by atoms with van der Waals surface area (Å²) >= 11 is 0. The third kappa shape index (κ3) is 1.69. The maximum Gasteiger partial charge on any atom is 0.131 e. The molecule has 1 aromatic carbocycles. The van der Waals surface area contributed by atoms with Gasteiger partial charge in [-0.15, -0.1) is 0 Å². The molecule has 4 aliphatic rings. The molecule has 120 valence electrons. The third-order valence-electron chi connectivity index (χ3n) is 6.77. The zero-order valence-electron chi connectivity index (χ0n) is 14.1. The van der Waals surface area contributed by atoms with Crippen LogP contribution in [-0.4, -0.2) is 36.2 Å². The van der Waals surface area contributed by atoms with Crippen molar-refractivity contribution in [1.82, 2.24) is 4.98 Å². The maximum atomic E-state index is 5.65. The van der Waals surface area contributed by atoms with Crippen LogP contribution >= 0.6 is 0 Å². The van der Waals surface area contributed by atoms with Crippen LogP contribution in [-0.2, 0) is 6.42 Å². The minimum atomic E-state index is 0.665. The average molecular weight is 309 g/mol. The van der Waals surface area contributed by atoms with Crippen LogP contribution in [0.2, 0.25) is 0 Å². The maximum absolute atomic E-state index is 5.65. The second kappa shape index (κ2) is 4.64. The fourth-order valence-corrected chi connectivity index (χ4v) is 5.61. The van der Waals surface area contributed by atoms with Crippen molar-refractivity contribution in [1.29, 1.82) is 0 Å². The topological polar surface area (TPSA) is 25.0 Å². The molecule has 1 aromatic heterocycles. The Morgan fingerprint density at radius 2 is 2.22 bits per heavy atom. The van der Waals surface area contributed by atoms with Gasteiger partial charge < -0.3 is 14.2 Å². The normalized spacial score (nSPS) is 33.7. The Morgan fingerprint density at radius 1 is 1.30 bits per heavy atom. The molecule has 2 bridgehead atoms. The highest BCUT2D eigenvalue weighted by atomic mass is 16.5. The lowest BCUT2D eigenvalue weighted by atomic mass is 9.73. The summed E-state index contributed by atoms with van der Waals surface area (Å²) in [7, 11) is 1.79. The summed E-state index contributed by atoms with van der Waals surface area (Å²) in [5, 5.41) is 1.33. The molecule has 1 spiro atoms. The predicted molar refractivity (Wildman–Crippen MR) is 92.6 cm³/mol. The molecule has 3 fully saturated rings. The van der Waals surface area contributed by atoms with Crippen LogP contribution in [0, 0.1) is 5.92 Å². The number of allylic oxidation sites excluding steroid dienone is 1. The summed E-state index contributed by atoms with van der Waals surface area (Å²) in [6.45, 7) is 6.15. The van der Waals surface area contributed by atoms with E-state index >= 15 is 0 Å². The van der Waals surface area contributed by atoms with E-state index in [0.717, 1.165) is 11.7 Å². The van der Waals surface area contributed by atoms with Crippen LogP contribution in [0.25, 0.3) is 10.9 Å². The van der Waals surface area contributed by atoms with Crippen molar-refractivity contribution >= 4 is 10.9 Å². The van der Waals surface area contributed by atoms with Gasteiger partial charge in [-0.3, -0.25) is 0 Å². The number of H-pyrrole nitrogens is 1. The Hall–Kier alpha value is -1.74. The standard InChI is InChI=1S/C20H25N2O/c1-3-13-12-22-9-7-14(13)11-17(22)20-15(8-10-22)19-16(21-20)5-4-6-18(19)23-2/h3-6,14,17,21H,7-12H2,1-2H3/q+1/b13-3-/t14-,17-,22+/m0/s1. The van der Waals surface area contributed by atoms with Crippen LogP contribution in [0.1, 0.15) is 37.1 Å². The van der Waals surface area contributed by atoms with Crippen molar-refractivity contribution in [3.05, 3.63) is 41.1 Å². The van der Waals surface area contributed by atoms with E-state index < -0.39 is 0 Å². The van der Waals surface area contributed by atoms with Gasteiger partial charge in [-0.2, -0.15) is 0 Å². The molecule has 3 heteroatoms. The summed E-state index contributed by atoms with van der Waals surface area (Å²) in [5.41, 5.74) is 6.00. The molecule has 0 radical (unpaired) electrons. The molecular weight excluding hydrogens is 284 g/mol. The molecule has 6 rings (SSSR count). The molecule has 5 heterocycles. The number of hydrogen-bond acceptors (Lipinski definition) is 1. The molecule has 3 atom stereocenters. The smallest absolute Gasteiger partial charge is 0.131 e. The van der Waals surface area contributed by atoms with Gasteiger partial charge in [0.05, 0.1) is 25.9 Å². The summed E-state index contributed by atoms with van der Waals surface area (Å²) < 4.78 is 6.94. The molecule has 1 N–H and O–H groups in total. The van der Waals surface area contributed by atoms with E-state index in [1.165, 1.54) is 65.5 Å². The molecule has 0 aliphatic carbocycles. The Morgan fingerprint density at radius 3 is 3.04 bits per heavy atom. The van der Waals surface area contributed by atoms with Crippen LogP contribution in [0.15, 0.2) is 29.8 Å². The number of rotatable bonds is 1. The van der Waals surface area contributed by atoms with Crippen molar-refractivity contribution in [2.24, 2.45) is 5.92 Å². The molecule has 4 aliphatic heterocycles. The van der Waals surface area contributed by atoms with Gasteiger partial charge in [-0.05, 0) is 36.1 Å². The highest BCUT2D eigenvalue weighted by Crippen LogP contribution is 2.52. The molecule has 0 amide bonds. The Bertz CT molecular complexity index is 818. The van der Waals surface area contributed by atoms with Crippen LogP contribution in [0.4, 0.5) is 0 Å². The summed E-state index contributed by atoms with van der Waals surface area (Å²) in [5.74, 6) is 1.84. The minimum Gasteiger partial charge on any atom is -0.496 e. The summed E-state index contributed by atoms with van der Waals surface area (Å²) in [6.07, 6.45) is 6.27. The number of benzene rings is 1. The summed E-state index contributed by atoms with van der Waals surface area (Å²) in [4.78, 5) is 3.79. The number of hydrogen-bond donors (Lipinski definition) is 1. The SMILES string of the molecule is C/C=C1/C[N@@+]23CCc4c([nH]c5cccc(OC)c45)[C@@H]2C[C@@H]1CC3. The lowest BCUT2D eigenvalue weighted by Gasteiger charge is -2.57. The van der Waals surface area contributed by atoms with Crippen molar-refractivity contribution < 1.29 is 9.22 Å². The van der Waals surface area contributed by atoms with Crippen molar-refractivity contribution in [3.63, 3.8) is 0 Å². The van der Waals surface area contributed by atoms with Gasteiger partial charge in [0, 0.05) is 30.2 Å². The van der Waals surface area contributed by atoms with Crippen LogP contribution in [0.5, 0.6) is 5.75 Å². The monoisotopic (exact) mass is 309 g/mol. The van der Waals surface area contributed by atoms with E-state index in [9.17, 15) is 0 Å². The Balaban J connectivity index is 1.69. The van der Waals surface area contributed by atoms with Crippen molar-refractivity contribution in [2.45, 2.75) is 32.2 Å². The molecule has 2 aromatic rings. The molecule has 3 saturated heterocycles. The first-order valence-corrected chi connectivity index (χ1v) is 8.94. The zero-order chi connectivity index (χ0) is 15.6. The van der Waals surface area contributed by atoms with Crippen molar-refractivity contribution in [3.8, 4) is 5.75 Å². The van der Waals surface area contributed by atoms with Gasteiger partial charge in [0.2, 0.25) is 0 Å². The number of methoxy groups -OCH3 is 1. The first kappa shape index (κ1) is 13.7. The van der Waals surface area contributed by atoms with Gasteiger partial charge in [0.15, 0.2) is 0 Å². The first-order valence-electron chi connectivity index (χ1n) is 8.94. The number of ether oxygens (including phenoxy) is 1. The second-order valence-corrected chi connectivity index (χ2v) is 7.57. The lowest BCUT2D eigenvalue weighted by molar-refractivity contribution is -0.967. The van der Waals surface area contributed by atoms with E-state index in [1.54, 1.807) is 12.7 Å². The average Bonchev–Trinajstić information content (AvgIpc) is 3.00. The van der Waals surface area contributed by atoms with Gasteiger partial charge in [-0.1, -0.05) is 12.1 Å². The number of quaternary nitrogens is 1. The third-order valence-corrected chi connectivity index (χ3v) is 6.77. The first-order chi connectivity index (χ1) is 11.3. The van der Waals surface area contributed by atoms with Gasteiger partial charge in [-0.25, -0.2) is 0 Å². The van der Waals surface area contributed by atoms with Crippen LogP contribution in [0.3, 0.4) is 0 Å². The van der Waals surface area contributed by atoms with E-state index in [-0.39, 0.29) is 0 Å². The molecule has 0 saturated carbocycles. The van der Waals surface area contributed by atoms with Crippen LogP contribution < -0.4 is 4.74 Å². The van der Waals surface area contributed by atoms with Gasteiger partial charge >= 0.3 is 0 Å². The molecular formula is C20H25N2O+. The number of nitrogens with one attached hydrogen (secondary N) is 1. The van der Waals surface area contributed by atoms with E-state index in [2.05, 4.69) is 36.2 Å². The minimum absolute atomic E-state index is 0.665. The number of nitrogens with zero attached hydrogens (tertiary/aromatic N) is 1. The highest BCUT2D eigenvalue weighted by Gasteiger charge is 2.53. The molecule has 3 nitrogen and oxygen atoms in total. The lowest BCUT2D eigenvalue weighted by Crippen LogP contribution is -2.63. The summed E-state index contributed by atoms with van der Waals surface area (Å²) in [6, 6.07) is 7.06. The van der Waals surface area contributed by atoms with E-state index in [0.29, 0.717) is 6.04 Å². The molecule has 23 heavy (non-hydrogen) atoms. The number of fused-ring (bicyclic) bond motifs is 5. The van der Waals surface area contributed by atoms with E-state index in [1.807, 2.05) is 0 Å². The zero-order valence-corrected chi connectivity index (χ0v) is 14.1. The number of aromatic nitrogens is 1. The number of piperidine rings is 3. The van der Waals surface area contributed by atoms with Gasteiger partial charge in [0.25, 0.3) is 0 Å². The highest BCUT2D eigenvalue weighted by molar-refractivity contribution is 5.91. The van der Waals surface area contributed by atoms with Crippen molar-refractivity contribution in [2.75, 3.05) is 26.7 Å². The second-order valence-electron chi connectivity index (χ2n) is 7.57. The number of aromatic amines is 1. The predicted octanol–water partition coefficient (Wildman–Crippen LogP) is 3.96. The Kier molecular flexibility index (Phi) is 2.76. The van der Waals surface area contributed by atoms with E-state index in [4.69, 9.17) is 4.74 Å². The quantitative estimate of drug-likeness (QED) is 0.626. The Labute approximate surface area is 137 Å². The van der Waals surface area contributed by atoms with Gasteiger partial charge in [0.1, 0.15) is 18.3 Å².